The Morgan fingerprint density at radius 3 is 2.76 bits per heavy atom. The number of nitrogens with zero attached hydrogens (tertiary/aromatic N) is 1. The van der Waals surface area contributed by atoms with Gasteiger partial charge < -0.3 is 10.2 Å². The Morgan fingerprint density at radius 2 is 2.10 bits per heavy atom. The SMILES string of the molecule is CNC1CCCN(C(=O)CSCc2ccc(C)cc2)C1.Cl. The van der Waals surface area contributed by atoms with Crippen LogP contribution >= 0.6 is 24.2 Å². The Kier molecular flexibility index (Phi) is 8.15. The molecular weight excluding hydrogens is 304 g/mol. The van der Waals surface area contributed by atoms with Crippen LogP contribution in [0.25, 0.3) is 0 Å². The summed E-state index contributed by atoms with van der Waals surface area (Å²) >= 11 is 1.71. The van der Waals surface area contributed by atoms with Crippen LogP contribution in [0.4, 0.5) is 0 Å². The molecule has 1 aliphatic rings. The maximum atomic E-state index is 12.2. The molecule has 1 heterocycles. The summed E-state index contributed by atoms with van der Waals surface area (Å²) in [6.07, 6.45) is 2.29. The second kappa shape index (κ2) is 9.34. The number of aryl methyl sites for hydroxylation is 1. The van der Waals surface area contributed by atoms with E-state index >= 15 is 0 Å². The molecule has 1 aromatic rings. The predicted molar refractivity (Wildman–Crippen MR) is 93.3 cm³/mol. The average molecular weight is 329 g/mol. The third-order valence-electron chi connectivity index (χ3n) is 3.80. The zero-order valence-electron chi connectivity index (χ0n) is 12.8. The highest BCUT2D eigenvalue weighted by atomic mass is 35.5. The molecule has 1 saturated heterocycles. The van der Waals surface area contributed by atoms with E-state index in [2.05, 4.69) is 36.5 Å². The fraction of sp³-hybridized carbons (Fsp3) is 0.562. The minimum absolute atomic E-state index is 0. The van der Waals surface area contributed by atoms with Crippen LogP contribution < -0.4 is 5.32 Å². The van der Waals surface area contributed by atoms with Crippen molar-refractivity contribution in [2.24, 2.45) is 0 Å². The monoisotopic (exact) mass is 328 g/mol. The van der Waals surface area contributed by atoms with Gasteiger partial charge in [-0.3, -0.25) is 4.79 Å². The van der Waals surface area contributed by atoms with E-state index < -0.39 is 0 Å². The molecule has 0 aliphatic carbocycles. The lowest BCUT2D eigenvalue weighted by Gasteiger charge is -2.32. The topological polar surface area (TPSA) is 32.3 Å². The normalized spacial score (nSPS) is 18.2. The second-order valence-electron chi connectivity index (χ2n) is 5.45. The molecule has 1 aromatic carbocycles. The second-order valence-corrected chi connectivity index (χ2v) is 6.43. The molecule has 0 aromatic heterocycles. The van der Waals surface area contributed by atoms with Gasteiger partial charge in [-0.1, -0.05) is 29.8 Å². The number of hydrogen-bond donors (Lipinski definition) is 1. The Hall–Kier alpha value is -0.710. The number of carbonyl (C=O) groups excluding carboxylic acids is 1. The lowest BCUT2D eigenvalue weighted by atomic mass is 10.1. The third kappa shape index (κ3) is 5.89. The molecule has 3 nitrogen and oxygen atoms in total. The van der Waals surface area contributed by atoms with E-state index in [-0.39, 0.29) is 18.3 Å². The van der Waals surface area contributed by atoms with E-state index in [4.69, 9.17) is 0 Å². The molecule has 0 saturated carbocycles. The van der Waals surface area contributed by atoms with Crippen molar-refractivity contribution >= 4 is 30.1 Å². The number of likely N-dealkylation sites (tertiary alicyclic amines) is 1. The summed E-state index contributed by atoms with van der Waals surface area (Å²) < 4.78 is 0. The molecule has 118 valence electrons. The van der Waals surface area contributed by atoms with Crippen LogP contribution in [0.3, 0.4) is 0 Å². The summed E-state index contributed by atoms with van der Waals surface area (Å²) in [5, 5.41) is 3.28. The number of thioether (sulfide) groups is 1. The van der Waals surface area contributed by atoms with Crippen molar-refractivity contribution in [3.05, 3.63) is 35.4 Å². The summed E-state index contributed by atoms with van der Waals surface area (Å²) in [6.45, 7) is 3.87. The van der Waals surface area contributed by atoms with Gasteiger partial charge in [0.1, 0.15) is 0 Å². The number of halogens is 1. The first-order valence-corrected chi connectivity index (χ1v) is 8.43. The molecule has 1 atom stereocenters. The Labute approximate surface area is 138 Å². The highest BCUT2D eigenvalue weighted by molar-refractivity contribution is 7.99. The first-order chi connectivity index (χ1) is 9.69. The average Bonchev–Trinajstić information content (AvgIpc) is 2.49. The van der Waals surface area contributed by atoms with E-state index in [1.54, 1.807) is 11.8 Å². The fourth-order valence-electron chi connectivity index (χ4n) is 2.47. The number of amides is 1. The van der Waals surface area contributed by atoms with E-state index in [0.29, 0.717) is 11.8 Å². The fourth-order valence-corrected chi connectivity index (χ4v) is 3.36. The largest absolute Gasteiger partial charge is 0.340 e. The molecule has 0 radical (unpaired) electrons. The first-order valence-electron chi connectivity index (χ1n) is 7.27. The van der Waals surface area contributed by atoms with Crippen molar-refractivity contribution in [2.45, 2.75) is 31.6 Å². The molecule has 5 heteroatoms. The van der Waals surface area contributed by atoms with Gasteiger partial charge in [0.2, 0.25) is 5.91 Å². The van der Waals surface area contributed by atoms with Crippen molar-refractivity contribution in [1.29, 1.82) is 0 Å². The molecule has 1 N–H and O–H groups in total. The molecule has 1 unspecified atom stereocenters. The molecule has 2 rings (SSSR count). The maximum Gasteiger partial charge on any atom is 0.232 e. The van der Waals surface area contributed by atoms with Gasteiger partial charge in [0, 0.05) is 24.9 Å². The maximum absolute atomic E-state index is 12.2. The van der Waals surface area contributed by atoms with Gasteiger partial charge in [0.25, 0.3) is 0 Å². The molecule has 1 amide bonds. The number of carbonyl (C=O) groups is 1. The van der Waals surface area contributed by atoms with Gasteiger partial charge in [-0.25, -0.2) is 0 Å². The minimum atomic E-state index is 0. The van der Waals surface area contributed by atoms with Gasteiger partial charge in [0.15, 0.2) is 0 Å². The standard InChI is InChI=1S/C16H24N2OS.ClH/c1-13-5-7-14(8-6-13)11-20-12-16(19)18-9-3-4-15(10-18)17-2;/h5-8,15,17H,3-4,9-12H2,1-2H3;1H. The molecule has 0 spiro atoms. The number of rotatable bonds is 5. The van der Waals surface area contributed by atoms with Crippen molar-refractivity contribution in [3.63, 3.8) is 0 Å². The van der Waals surface area contributed by atoms with Crippen molar-refractivity contribution in [2.75, 3.05) is 25.9 Å². The van der Waals surface area contributed by atoms with E-state index in [1.807, 2.05) is 11.9 Å². The smallest absolute Gasteiger partial charge is 0.232 e. The summed E-state index contributed by atoms with van der Waals surface area (Å²) in [4.78, 5) is 14.2. The van der Waals surface area contributed by atoms with Gasteiger partial charge in [0.05, 0.1) is 5.75 Å². The number of hydrogen-bond acceptors (Lipinski definition) is 3. The lowest BCUT2D eigenvalue weighted by molar-refractivity contribution is -0.129. The van der Waals surface area contributed by atoms with Crippen LogP contribution in [0, 0.1) is 6.92 Å². The third-order valence-corrected chi connectivity index (χ3v) is 4.79. The van der Waals surface area contributed by atoms with Crippen molar-refractivity contribution in [3.8, 4) is 0 Å². The Morgan fingerprint density at radius 1 is 1.38 bits per heavy atom. The van der Waals surface area contributed by atoms with Crippen LogP contribution in [0.15, 0.2) is 24.3 Å². The van der Waals surface area contributed by atoms with Crippen LogP contribution in [0.2, 0.25) is 0 Å². The van der Waals surface area contributed by atoms with Crippen LogP contribution in [0.1, 0.15) is 24.0 Å². The van der Waals surface area contributed by atoms with E-state index in [9.17, 15) is 4.79 Å². The molecule has 1 aliphatic heterocycles. The van der Waals surface area contributed by atoms with Crippen LogP contribution in [0.5, 0.6) is 0 Å². The van der Waals surface area contributed by atoms with Gasteiger partial charge in [-0.15, -0.1) is 24.2 Å². The molecule has 1 fully saturated rings. The number of benzene rings is 1. The summed E-state index contributed by atoms with van der Waals surface area (Å²) in [6, 6.07) is 9.00. The summed E-state index contributed by atoms with van der Waals surface area (Å²) in [7, 11) is 1.98. The van der Waals surface area contributed by atoms with E-state index in [1.165, 1.54) is 17.5 Å². The number of nitrogens with one attached hydrogen (secondary N) is 1. The van der Waals surface area contributed by atoms with Crippen molar-refractivity contribution in [1.82, 2.24) is 10.2 Å². The van der Waals surface area contributed by atoms with Crippen molar-refractivity contribution < 1.29 is 4.79 Å². The van der Waals surface area contributed by atoms with E-state index in [0.717, 1.165) is 25.3 Å². The highest BCUT2D eigenvalue weighted by Gasteiger charge is 2.22. The summed E-state index contributed by atoms with van der Waals surface area (Å²) in [5.74, 6) is 1.78. The zero-order chi connectivity index (χ0) is 14.4. The molecule has 21 heavy (non-hydrogen) atoms. The van der Waals surface area contributed by atoms with Crippen LogP contribution in [-0.2, 0) is 10.5 Å². The quantitative estimate of drug-likeness (QED) is 0.902. The highest BCUT2D eigenvalue weighted by Crippen LogP contribution is 2.16. The zero-order valence-corrected chi connectivity index (χ0v) is 14.4. The molecular formula is C16H25ClN2OS. The Balaban J connectivity index is 0.00000220. The number of likely N-dealkylation sites (N-methyl/N-ethyl adjacent to an activating group) is 1. The van der Waals surface area contributed by atoms with Crippen LogP contribution in [-0.4, -0.2) is 42.7 Å². The first kappa shape index (κ1) is 18.3. The van der Waals surface area contributed by atoms with Gasteiger partial charge >= 0.3 is 0 Å². The predicted octanol–water partition coefficient (Wildman–Crippen LogP) is 2.86. The van der Waals surface area contributed by atoms with Gasteiger partial charge in [-0.2, -0.15) is 0 Å². The number of piperidine rings is 1. The van der Waals surface area contributed by atoms with Gasteiger partial charge in [-0.05, 0) is 32.4 Å². The Bertz CT molecular complexity index is 438. The molecule has 0 bridgehead atoms. The minimum Gasteiger partial charge on any atom is -0.340 e. The summed E-state index contributed by atoms with van der Waals surface area (Å²) in [5.41, 5.74) is 2.57. The lowest BCUT2D eigenvalue weighted by Crippen LogP contribution is -2.47.